The first kappa shape index (κ1) is 72.8. The third-order valence-electron chi connectivity index (χ3n) is 19.6. The van der Waals surface area contributed by atoms with Gasteiger partial charge in [-0.05, 0) is 152 Å². The number of carbonyl (C=O) groups is 4. The number of carbonyl (C=O) groups excluding carboxylic acids is 4. The van der Waals surface area contributed by atoms with Crippen molar-refractivity contribution in [2.75, 3.05) is 52.4 Å². The van der Waals surface area contributed by atoms with E-state index in [1.165, 1.54) is 40.3 Å². The van der Waals surface area contributed by atoms with Crippen molar-refractivity contribution in [2.24, 2.45) is 0 Å². The summed E-state index contributed by atoms with van der Waals surface area (Å²) in [5.74, 6) is 1.20. The second kappa shape index (κ2) is 34.2. The van der Waals surface area contributed by atoms with E-state index in [2.05, 4.69) is 219 Å². The number of piperazine rings is 3. The van der Waals surface area contributed by atoms with Crippen molar-refractivity contribution in [3.05, 3.63) is 285 Å². The number of benzene rings is 8. The lowest BCUT2D eigenvalue weighted by Crippen LogP contribution is -2.57. The van der Waals surface area contributed by atoms with Crippen molar-refractivity contribution in [2.45, 2.75) is 151 Å². The summed E-state index contributed by atoms with van der Waals surface area (Å²) < 4.78 is 5.70. The summed E-state index contributed by atoms with van der Waals surface area (Å²) in [5.41, 5.74) is 14.5. The van der Waals surface area contributed by atoms with Crippen LogP contribution in [0.1, 0.15) is 174 Å². The normalized spacial score (nSPS) is 20.6. The number of ketones is 4. The van der Waals surface area contributed by atoms with Gasteiger partial charge in [-0.15, -0.1) is 6.58 Å². The van der Waals surface area contributed by atoms with Crippen LogP contribution in [-0.2, 0) is 17.9 Å². The maximum absolute atomic E-state index is 11.8. The molecule has 0 aliphatic carbocycles. The van der Waals surface area contributed by atoms with E-state index in [4.69, 9.17) is 4.74 Å². The molecule has 3 fully saturated rings. The molecule has 8 aromatic rings. The van der Waals surface area contributed by atoms with Gasteiger partial charge in [0.05, 0.1) is 18.1 Å². The van der Waals surface area contributed by atoms with Crippen LogP contribution in [0.15, 0.2) is 213 Å². The van der Waals surface area contributed by atoms with Crippen LogP contribution in [0.5, 0.6) is 11.5 Å². The fourth-order valence-electron chi connectivity index (χ4n) is 14.3. The molecule has 0 bridgehead atoms. The van der Waals surface area contributed by atoms with E-state index < -0.39 is 0 Å². The highest BCUT2D eigenvalue weighted by Gasteiger charge is 2.38. The van der Waals surface area contributed by atoms with E-state index in [-0.39, 0.29) is 53.6 Å². The van der Waals surface area contributed by atoms with E-state index in [1.54, 1.807) is 26.8 Å². The van der Waals surface area contributed by atoms with Crippen molar-refractivity contribution in [1.29, 1.82) is 0 Å². The second-order valence-corrected chi connectivity index (χ2v) is 27.6. The first-order valence-corrected chi connectivity index (χ1v) is 34.6. The maximum Gasteiger partial charge on any atom is 0.167 e. The smallest absolute Gasteiger partial charge is 0.167 e. The average Bonchev–Trinajstić information content (AvgIpc) is 0.809. The fourth-order valence-corrected chi connectivity index (χ4v) is 14.3. The van der Waals surface area contributed by atoms with Gasteiger partial charge in [0.2, 0.25) is 0 Å². The molecule has 0 spiro atoms. The summed E-state index contributed by atoms with van der Waals surface area (Å²) in [7, 11) is 0. The summed E-state index contributed by atoms with van der Waals surface area (Å²) >= 11 is 0. The van der Waals surface area contributed by atoms with E-state index in [1.807, 2.05) is 72.8 Å². The standard InChI is InChI=1S/C29H34N2O2.C29H34N2O.C27H34N2O3/c1-20-8-10-24(11-9-20)19-30-17-22(3)31(18-21(30)2)29(27-6-5-7-28(33)16-27)26-14-12-25(13-15-26)23(4)32;1-21-9-8-12-28(17-21)29(27-15-13-26(14-16-27)24(4)32)31-19-22(2)30(18-23(31)3)20-25-10-6-5-7-11-25;1-6-14-28-16-20(3)29(17-19(28)2)27(24-12-10-23(11-13-24)22(5)31)25-8-7-9-26(15-25)32-18-21(4)30/h5-16,21-22,29,33H,17-19H2,1-4H3;5-17,22-23,29H,18-20H2,1-4H3;6-13,15,19-20,27H,1,14,16-18H2,2-5H3/t21-,22+,29-;22-,23+,29-;19-,20+,27-/m111/s1. The van der Waals surface area contributed by atoms with Gasteiger partial charge in [0.25, 0.3) is 0 Å². The highest BCUT2D eigenvalue weighted by atomic mass is 16.5. The molecule has 12 nitrogen and oxygen atoms in total. The molecular formula is C85H102N6O6. The summed E-state index contributed by atoms with van der Waals surface area (Å²) in [6.07, 6.45) is 1.96. The Morgan fingerprint density at radius 3 is 1.23 bits per heavy atom. The second-order valence-electron chi connectivity index (χ2n) is 27.6. The summed E-state index contributed by atoms with van der Waals surface area (Å²) in [5, 5.41) is 10.2. The first-order chi connectivity index (χ1) is 46.5. The van der Waals surface area contributed by atoms with Crippen molar-refractivity contribution < 1.29 is 29.0 Å². The van der Waals surface area contributed by atoms with E-state index in [0.29, 0.717) is 47.6 Å². The number of phenolic OH excluding ortho intramolecular Hbond substituents is 1. The topological polar surface area (TPSA) is 117 Å². The highest BCUT2D eigenvalue weighted by Crippen LogP contribution is 2.39. The summed E-state index contributed by atoms with van der Waals surface area (Å²) in [6.45, 7) is 37.0. The van der Waals surface area contributed by atoms with Crippen LogP contribution in [0.4, 0.5) is 0 Å². The number of ether oxygens (including phenoxy) is 1. The molecule has 11 rings (SSSR count). The predicted molar refractivity (Wildman–Crippen MR) is 394 cm³/mol. The number of aryl methyl sites for hydroxylation is 2. The minimum atomic E-state index is -0.00689. The predicted octanol–water partition coefficient (Wildman–Crippen LogP) is 16.0. The van der Waals surface area contributed by atoms with Crippen LogP contribution in [0.2, 0.25) is 0 Å². The van der Waals surface area contributed by atoms with Crippen LogP contribution in [-0.4, -0.2) is 146 Å². The Morgan fingerprint density at radius 2 is 0.814 bits per heavy atom. The first-order valence-electron chi connectivity index (χ1n) is 34.6. The summed E-state index contributed by atoms with van der Waals surface area (Å²) in [6, 6.07) is 70.6. The molecule has 0 amide bonds. The lowest BCUT2D eigenvalue weighted by atomic mass is 9.92. The van der Waals surface area contributed by atoms with Crippen molar-refractivity contribution in [1.82, 2.24) is 29.4 Å². The molecule has 0 saturated carbocycles. The SMILES string of the molecule is C=CCN1C[C@H](C)N([C@H](c2ccc(C(C)=O)cc2)c2cccc(OCC(C)=O)c2)C[C@H]1C.CC(=O)c1ccc([C@H](c2cccc(C)c2)N2C[C@@H](C)N(Cc3ccccc3)C[C@@H]2C)cc1.CC(=O)c1ccc([C@H](c2cccc(O)c2)N2C[C@@H](C)N(Cc3ccc(C)cc3)C[C@@H]2C)cc1. The van der Waals surface area contributed by atoms with Crippen LogP contribution < -0.4 is 4.74 Å². The Morgan fingerprint density at radius 1 is 0.423 bits per heavy atom. The quantitative estimate of drug-likeness (QED) is 0.0545. The van der Waals surface area contributed by atoms with Crippen molar-refractivity contribution in [3.63, 3.8) is 0 Å². The minimum absolute atomic E-state index is 0.00689. The number of rotatable bonds is 21. The van der Waals surface area contributed by atoms with Gasteiger partial charge in [-0.3, -0.25) is 48.6 Å². The molecule has 3 heterocycles. The Hall–Kier alpha value is -8.46. The maximum atomic E-state index is 11.8. The van der Waals surface area contributed by atoms with E-state index in [0.717, 1.165) is 92.3 Å². The molecule has 0 aromatic heterocycles. The van der Waals surface area contributed by atoms with Crippen LogP contribution in [0.25, 0.3) is 0 Å². The van der Waals surface area contributed by atoms with Crippen LogP contribution in [0.3, 0.4) is 0 Å². The average molecular weight is 1300 g/mol. The van der Waals surface area contributed by atoms with Gasteiger partial charge < -0.3 is 9.84 Å². The zero-order chi connectivity index (χ0) is 69.4. The van der Waals surface area contributed by atoms with Crippen molar-refractivity contribution in [3.8, 4) is 11.5 Å². The molecule has 8 aromatic carbocycles. The Bertz CT molecular complexity index is 3890. The Labute approximate surface area is 578 Å². The van der Waals surface area contributed by atoms with E-state index >= 15 is 0 Å². The number of phenols is 1. The molecule has 508 valence electrons. The third-order valence-corrected chi connectivity index (χ3v) is 19.6. The monoisotopic (exact) mass is 1300 g/mol. The molecule has 1 N–H and O–H groups in total. The van der Waals surface area contributed by atoms with Gasteiger partial charge >= 0.3 is 0 Å². The molecule has 12 heteroatoms. The van der Waals surface area contributed by atoms with Gasteiger partial charge in [0, 0.05) is 112 Å². The number of hydrogen-bond acceptors (Lipinski definition) is 12. The Kier molecular flexibility index (Phi) is 25.6. The van der Waals surface area contributed by atoms with E-state index in [9.17, 15) is 24.3 Å². The van der Waals surface area contributed by atoms with Gasteiger partial charge in [-0.25, -0.2) is 0 Å². The zero-order valence-corrected chi connectivity index (χ0v) is 59.3. The van der Waals surface area contributed by atoms with Gasteiger partial charge in [0.15, 0.2) is 23.1 Å². The number of aromatic hydroxyl groups is 1. The highest BCUT2D eigenvalue weighted by molar-refractivity contribution is 5.95. The zero-order valence-electron chi connectivity index (χ0n) is 59.3. The lowest BCUT2D eigenvalue weighted by molar-refractivity contribution is -0.118. The fraction of sp³-hybridized carbons (Fsp3) is 0.365. The minimum Gasteiger partial charge on any atom is -0.508 e. The molecule has 9 atom stereocenters. The largest absolute Gasteiger partial charge is 0.508 e. The summed E-state index contributed by atoms with van der Waals surface area (Å²) in [4.78, 5) is 62.1. The molecule has 3 aliphatic heterocycles. The molecule has 97 heavy (non-hydrogen) atoms. The van der Waals surface area contributed by atoms with Crippen LogP contribution in [0, 0.1) is 13.8 Å². The number of hydrogen-bond donors (Lipinski definition) is 1. The van der Waals surface area contributed by atoms with Gasteiger partial charge in [-0.1, -0.05) is 193 Å². The van der Waals surface area contributed by atoms with Gasteiger partial charge in [-0.2, -0.15) is 0 Å². The number of Topliss-reactive ketones (excluding diaryl/α,β-unsaturated/α-hetero) is 4. The Balaban J connectivity index is 0.000000171. The molecule has 0 radical (unpaired) electrons. The number of nitrogens with zero attached hydrogens (tertiary/aromatic N) is 6. The molecular weight excluding hydrogens is 1200 g/mol. The molecule has 3 aliphatic rings. The van der Waals surface area contributed by atoms with Gasteiger partial charge in [0.1, 0.15) is 18.1 Å². The lowest BCUT2D eigenvalue weighted by Gasteiger charge is -2.47. The van der Waals surface area contributed by atoms with Crippen LogP contribution >= 0.6 is 0 Å². The third kappa shape index (κ3) is 19.4. The molecule has 3 saturated heterocycles. The molecule has 0 unspecified atom stereocenters. The van der Waals surface area contributed by atoms with Crippen molar-refractivity contribution >= 4 is 23.1 Å².